The number of aryl methyl sites for hydroxylation is 1. The van der Waals surface area contributed by atoms with Crippen molar-refractivity contribution in [2.75, 3.05) is 19.0 Å². The molecule has 3 aromatic carbocycles. The van der Waals surface area contributed by atoms with E-state index in [0.29, 0.717) is 17.1 Å². The van der Waals surface area contributed by atoms with Crippen LogP contribution in [0.3, 0.4) is 0 Å². The molecule has 0 fully saturated rings. The second-order valence-electron chi connectivity index (χ2n) is 6.83. The van der Waals surface area contributed by atoms with Crippen LogP contribution in [0.1, 0.15) is 11.1 Å². The van der Waals surface area contributed by atoms with Gasteiger partial charge in [-0.15, -0.1) is 0 Å². The Balaban J connectivity index is 1.69. The summed E-state index contributed by atoms with van der Waals surface area (Å²) in [5.74, 6) is 0. The number of hydrogen-bond donors (Lipinski definition) is 0. The van der Waals surface area contributed by atoms with Gasteiger partial charge in [0, 0.05) is 19.8 Å². The standard InChI is InChI=1S/C22H20F3N5/c1-15-14-19(28-26-18-8-11-20(12-9-18)30(2)3)10-13-21(15)29-27-17-6-4-16(5-7-17)22(23,24)25/h4-14H,1-3H3/b28-26+,29-27+. The third kappa shape index (κ3) is 5.50. The quantitative estimate of drug-likeness (QED) is 0.394. The predicted octanol–water partition coefficient (Wildman–Crippen LogP) is 7.91. The van der Waals surface area contributed by atoms with Crippen molar-refractivity contribution in [3.05, 3.63) is 77.9 Å². The van der Waals surface area contributed by atoms with Crippen LogP contribution in [0.25, 0.3) is 0 Å². The van der Waals surface area contributed by atoms with Crippen LogP contribution in [-0.4, -0.2) is 14.1 Å². The zero-order chi connectivity index (χ0) is 21.7. The van der Waals surface area contributed by atoms with Crippen molar-refractivity contribution in [2.45, 2.75) is 13.1 Å². The van der Waals surface area contributed by atoms with Gasteiger partial charge in [0.2, 0.25) is 0 Å². The Labute approximate surface area is 172 Å². The van der Waals surface area contributed by atoms with Gasteiger partial charge in [-0.05, 0) is 79.2 Å². The number of hydrogen-bond acceptors (Lipinski definition) is 5. The second-order valence-corrected chi connectivity index (χ2v) is 6.83. The lowest BCUT2D eigenvalue weighted by Gasteiger charge is -2.11. The summed E-state index contributed by atoms with van der Waals surface area (Å²) in [6, 6.07) is 17.5. The number of nitrogens with zero attached hydrogens (tertiary/aromatic N) is 5. The highest BCUT2D eigenvalue weighted by Crippen LogP contribution is 2.31. The van der Waals surface area contributed by atoms with Crippen LogP contribution in [0.5, 0.6) is 0 Å². The van der Waals surface area contributed by atoms with E-state index in [0.717, 1.165) is 29.1 Å². The normalized spacial score (nSPS) is 12.1. The van der Waals surface area contributed by atoms with Gasteiger partial charge < -0.3 is 4.90 Å². The highest BCUT2D eigenvalue weighted by Gasteiger charge is 2.29. The van der Waals surface area contributed by atoms with E-state index in [1.807, 2.05) is 56.3 Å². The van der Waals surface area contributed by atoms with Crippen molar-refractivity contribution in [2.24, 2.45) is 20.5 Å². The first kappa shape index (κ1) is 21.2. The van der Waals surface area contributed by atoms with E-state index in [1.54, 1.807) is 12.1 Å². The Morgan fingerprint density at radius 2 is 1.17 bits per heavy atom. The summed E-state index contributed by atoms with van der Waals surface area (Å²) < 4.78 is 37.8. The molecule has 0 N–H and O–H groups in total. The van der Waals surface area contributed by atoms with E-state index in [-0.39, 0.29) is 0 Å². The lowest BCUT2D eigenvalue weighted by Crippen LogP contribution is -2.07. The van der Waals surface area contributed by atoms with Crippen molar-refractivity contribution < 1.29 is 13.2 Å². The maximum atomic E-state index is 12.6. The molecule has 0 saturated carbocycles. The maximum Gasteiger partial charge on any atom is 0.416 e. The molecule has 0 bridgehead atoms. The molecule has 8 heteroatoms. The van der Waals surface area contributed by atoms with Crippen molar-refractivity contribution >= 4 is 28.4 Å². The minimum absolute atomic E-state index is 0.340. The van der Waals surface area contributed by atoms with Gasteiger partial charge in [0.25, 0.3) is 0 Å². The first-order valence-electron chi connectivity index (χ1n) is 9.11. The van der Waals surface area contributed by atoms with E-state index in [4.69, 9.17) is 0 Å². The minimum atomic E-state index is -4.37. The van der Waals surface area contributed by atoms with E-state index in [2.05, 4.69) is 20.5 Å². The molecule has 3 rings (SSSR count). The van der Waals surface area contributed by atoms with Crippen LogP contribution < -0.4 is 4.90 Å². The number of azo groups is 2. The largest absolute Gasteiger partial charge is 0.416 e. The Kier molecular flexibility index (Phi) is 6.25. The monoisotopic (exact) mass is 411 g/mol. The number of benzene rings is 3. The predicted molar refractivity (Wildman–Crippen MR) is 112 cm³/mol. The summed E-state index contributed by atoms with van der Waals surface area (Å²) in [4.78, 5) is 2.00. The van der Waals surface area contributed by atoms with Crippen LogP contribution in [-0.2, 0) is 6.18 Å². The maximum absolute atomic E-state index is 12.6. The van der Waals surface area contributed by atoms with Crippen LogP contribution in [0, 0.1) is 6.92 Å². The molecule has 3 aromatic rings. The van der Waals surface area contributed by atoms with E-state index in [9.17, 15) is 13.2 Å². The molecule has 0 atom stereocenters. The smallest absolute Gasteiger partial charge is 0.378 e. The Hall–Kier alpha value is -3.55. The van der Waals surface area contributed by atoms with Gasteiger partial charge >= 0.3 is 6.18 Å². The minimum Gasteiger partial charge on any atom is -0.378 e. The topological polar surface area (TPSA) is 52.7 Å². The summed E-state index contributed by atoms with van der Waals surface area (Å²) in [5.41, 5.74) is 3.53. The number of rotatable bonds is 5. The highest BCUT2D eigenvalue weighted by molar-refractivity contribution is 5.55. The molecule has 0 saturated heterocycles. The molecule has 30 heavy (non-hydrogen) atoms. The number of anilines is 1. The average Bonchev–Trinajstić information content (AvgIpc) is 2.71. The lowest BCUT2D eigenvalue weighted by atomic mass is 10.2. The number of alkyl halides is 3. The summed E-state index contributed by atoms with van der Waals surface area (Å²) in [6.45, 7) is 1.85. The van der Waals surface area contributed by atoms with Crippen LogP contribution in [0.2, 0.25) is 0 Å². The molecule has 0 amide bonds. The Morgan fingerprint density at radius 1 is 0.667 bits per heavy atom. The van der Waals surface area contributed by atoms with Gasteiger partial charge in [-0.3, -0.25) is 0 Å². The molecule has 0 aromatic heterocycles. The summed E-state index contributed by atoms with van der Waals surface area (Å²) in [5, 5.41) is 16.6. The molecule has 154 valence electrons. The van der Waals surface area contributed by atoms with Crippen molar-refractivity contribution in [1.29, 1.82) is 0 Å². The average molecular weight is 411 g/mol. The van der Waals surface area contributed by atoms with Gasteiger partial charge in [0.15, 0.2) is 0 Å². The van der Waals surface area contributed by atoms with Gasteiger partial charge in [0.1, 0.15) is 0 Å². The first-order chi connectivity index (χ1) is 14.2. The van der Waals surface area contributed by atoms with Gasteiger partial charge in [-0.1, -0.05) is 0 Å². The van der Waals surface area contributed by atoms with Crippen molar-refractivity contribution in [3.8, 4) is 0 Å². The molecule has 0 radical (unpaired) electrons. The molecular weight excluding hydrogens is 391 g/mol. The molecule has 0 aliphatic carbocycles. The SMILES string of the molecule is Cc1cc(/N=N/c2ccc(N(C)C)cc2)ccc1/N=N/c1ccc(C(F)(F)F)cc1. The van der Waals surface area contributed by atoms with Crippen LogP contribution >= 0.6 is 0 Å². The summed E-state index contributed by atoms with van der Waals surface area (Å²) in [6.07, 6.45) is -4.37. The zero-order valence-electron chi connectivity index (χ0n) is 16.7. The fourth-order valence-corrected chi connectivity index (χ4v) is 2.58. The third-order valence-corrected chi connectivity index (χ3v) is 4.30. The fourth-order valence-electron chi connectivity index (χ4n) is 2.58. The molecule has 0 aliphatic heterocycles. The molecule has 0 aliphatic rings. The van der Waals surface area contributed by atoms with Crippen molar-refractivity contribution in [1.82, 2.24) is 0 Å². The fraction of sp³-hybridized carbons (Fsp3) is 0.182. The molecule has 0 unspecified atom stereocenters. The molecule has 0 heterocycles. The first-order valence-corrected chi connectivity index (χ1v) is 9.11. The molecule has 0 spiro atoms. The summed E-state index contributed by atoms with van der Waals surface area (Å²) >= 11 is 0. The lowest BCUT2D eigenvalue weighted by molar-refractivity contribution is -0.137. The third-order valence-electron chi connectivity index (χ3n) is 4.30. The van der Waals surface area contributed by atoms with E-state index in [1.165, 1.54) is 12.1 Å². The van der Waals surface area contributed by atoms with Crippen LogP contribution in [0.4, 0.5) is 41.6 Å². The second kappa shape index (κ2) is 8.86. The highest BCUT2D eigenvalue weighted by atomic mass is 19.4. The number of halogens is 3. The molecule has 5 nitrogen and oxygen atoms in total. The van der Waals surface area contributed by atoms with Gasteiger partial charge in [-0.25, -0.2) is 0 Å². The van der Waals surface area contributed by atoms with Crippen molar-refractivity contribution in [3.63, 3.8) is 0 Å². The summed E-state index contributed by atoms with van der Waals surface area (Å²) in [7, 11) is 3.94. The van der Waals surface area contributed by atoms with E-state index < -0.39 is 11.7 Å². The zero-order valence-corrected chi connectivity index (χ0v) is 16.7. The molecular formula is C22H20F3N5. The van der Waals surface area contributed by atoms with Gasteiger partial charge in [0.05, 0.1) is 28.3 Å². The Bertz CT molecular complexity index is 1050. The van der Waals surface area contributed by atoms with Gasteiger partial charge in [-0.2, -0.15) is 33.6 Å². The Morgan fingerprint density at radius 3 is 1.70 bits per heavy atom. The van der Waals surface area contributed by atoms with E-state index >= 15 is 0 Å². The van der Waals surface area contributed by atoms with Crippen LogP contribution in [0.15, 0.2) is 87.2 Å².